The molecule has 1 amide bonds. The fraction of sp³-hybridized carbons (Fsp3) is 0.533. The third-order valence-electron chi connectivity index (χ3n) is 4.29. The Morgan fingerprint density at radius 1 is 1.22 bits per heavy atom. The number of aliphatic hydroxyl groups excluding tert-OH is 1. The van der Waals surface area contributed by atoms with Crippen LogP contribution in [0.3, 0.4) is 0 Å². The summed E-state index contributed by atoms with van der Waals surface area (Å²) in [7, 11) is 0. The molecule has 1 aromatic rings. The Hall–Kier alpha value is -1.35. The molecule has 1 aliphatic carbocycles. The van der Waals surface area contributed by atoms with Gasteiger partial charge in [-0.2, -0.15) is 0 Å². The van der Waals surface area contributed by atoms with Gasteiger partial charge in [0.05, 0.1) is 6.10 Å². The van der Waals surface area contributed by atoms with E-state index >= 15 is 0 Å². The Kier molecular flexibility index (Phi) is 3.08. The molecule has 1 N–H and O–H groups in total. The highest BCUT2D eigenvalue weighted by Gasteiger charge is 2.40. The zero-order chi connectivity index (χ0) is 12.5. The topological polar surface area (TPSA) is 40.5 Å². The SMILES string of the molecule is O=C1C2CCC(CN1Cc1ccccc1)C(O)C2. The molecule has 2 heterocycles. The summed E-state index contributed by atoms with van der Waals surface area (Å²) < 4.78 is 0. The van der Waals surface area contributed by atoms with Crippen molar-refractivity contribution in [2.75, 3.05) is 6.54 Å². The Labute approximate surface area is 107 Å². The number of nitrogens with zero attached hydrogens (tertiary/aromatic N) is 1. The number of hydrogen-bond acceptors (Lipinski definition) is 2. The lowest BCUT2D eigenvalue weighted by molar-refractivity contribution is -0.135. The number of aliphatic hydroxyl groups is 1. The first kappa shape index (κ1) is 11.7. The van der Waals surface area contributed by atoms with Gasteiger partial charge >= 0.3 is 0 Å². The van der Waals surface area contributed by atoms with Gasteiger partial charge in [-0.1, -0.05) is 30.3 Å². The maximum atomic E-state index is 12.4. The summed E-state index contributed by atoms with van der Waals surface area (Å²) in [6.07, 6.45) is 2.32. The van der Waals surface area contributed by atoms with E-state index in [-0.39, 0.29) is 23.8 Å². The molecular formula is C15H19NO2. The number of amides is 1. The smallest absolute Gasteiger partial charge is 0.226 e. The van der Waals surface area contributed by atoms with Crippen molar-refractivity contribution in [3.05, 3.63) is 35.9 Å². The van der Waals surface area contributed by atoms with E-state index < -0.39 is 0 Å². The summed E-state index contributed by atoms with van der Waals surface area (Å²) >= 11 is 0. The molecule has 96 valence electrons. The van der Waals surface area contributed by atoms with Crippen molar-refractivity contribution < 1.29 is 9.90 Å². The van der Waals surface area contributed by atoms with Crippen LogP contribution >= 0.6 is 0 Å². The average molecular weight is 245 g/mol. The van der Waals surface area contributed by atoms with Crippen LogP contribution < -0.4 is 0 Å². The van der Waals surface area contributed by atoms with E-state index in [4.69, 9.17) is 0 Å². The van der Waals surface area contributed by atoms with Crippen molar-refractivity contribution in [2.24, 2.45) is 11.8 Å². The van der Waals surface area contributed by atoms with Gasteiger partial charge in [-0.05, 0) is 24.8 Å². The van der Waals surface area contributed by atoms with E-state index in [1.54, 1.807) is 0 Å². The monoisotopic (exact) mass is 245 g/mol. The second kappa shape index (κ2) is 4.73. The summed E-state index contributed by atoms with van der Waals surface area (Å²) in [5.41, 5.74) is 1.17. The second-order valence-corrected chi connectivity index (χ2v) is 5.54. The molecule has 2 saturated heterocycles. The van der Waals surface area contributed by atoms with Crippen LogP contribution in [0.2, 0.25) is 0 Å². The summed E-state index contributed by atoms with van der Waals surface area (Å²) in [6, 6.07) is 10.1. The van der Waals surface area contributed by atoms with Crippen molar-refractivity contribution in [1.29, 1.82) is 0 Å². The molecule has 0 spiro atoms. The molecule has 1 saturated carbocycles. The number of benzene rings is 1. The van der Waals surface area contributed by atoms with Crippen LogP contribution in [0.4, 0.5) is 0 Å². The number of hydrogen-bond donors (Lipinski definition) is 1. The van der Waals surface area contributed by atoms with Crippen molar-refractivity contribution in [1.82, 2.24) is 4.90 Å². The Bertz CT molecular complexity index is 431. The molecule has 3 heteroatoms. The lowest BCUT2D eigenvalue weighted by Gasteiger charge is -2.26. The highest BCUT2D eigenvalue weighted by molar-refractivity contribution is 5.79. The normalized spacial score (nSPS) is 31.5. The van der Waals surface area contributed by atoms with Crippen LogP contribution in [-0.2, 0) is 11.3 Å². The minimum atomic E-state index is -0.284. The van der Waals surface area contributed by atoms with Gasteiger partial charge in [-0.3, -0.25) is 4.79 Å². The number of fused-ring (bicyclic) bond motifs is 4. The average Bonchev–Trinajstić information content (AvgIpc) is 2.59. The molecule has 2 aliphatic heterocycles. The van der Waals surface area contributed by atoms with Crippen molar-refractivity contribution in [3.63, 3.8) is 0 Å². The fourth-order valence-corrected chi connectivity index (χ4v) is 3.22. The molecule has 3 atom stereocenters. The quantitative estimate of drug-likeness (QED) is 0.863. The van der Waals surface area contributed by atoms with E-state index in [1.165, 1.54) is 5.56 Å². The largest absolute Gasteiger partial charge is 0.393 e. The minimum absolute atomic E-state index is 0.0439. The molecule has 2 bridgehead atoms. The van der Waals surface area contributed by atoms with E-state index in [0.717, 1.165) is 12.8 Å². The summed E-state index contributed by atoms with van der Waals surface area (Å²) in [5, 5.41) is 10.0. The predicted octanol–water partition coefficient (Wildman–Crippen LogP) is 1.81. The van der Waals surface area contributed by atoms with Crippen LogP contribution in [0.5, 0.6) is 0 Å². The van der Waals surface area contributed by atoms with Crippen LogP contribution in [0, 0.1) is 11.8 Å². The lowest BCUT2D eigenvalue weighted by atomic mass is 9.82. The standard InChI is InChI=1S/C15H19NO2/c17-14-8-12-6-7-13(14)10-16(15(12)18)9-11-4-2-1-3-5-11/h1-5,12-14,17H,6-10H2. The van der Waals surface area contributed by atoms with E-state index in [9.17, 15) is 9.90 Å². The fourth-order valence-electron chi connectivity index (χ4n) is 3.22. The third kappa shape index (κ3) is 2.15. The van der Waals surface area contributed by atoms with E-state index in [0.29, 0.717) is 19.5 Å². The van der Waals surface area contributed by atoms with Crippen molar-refractivity contribution in [3.8, 4) is 0 Å². The molecule has 3 aliphatic rings. The van der Waals surface area contributed by atoms with Crippen molar-refractivity contribution in [2.45, 2.75) is 31.9 Å². The highest BCUT2D eigenvalue weighted by Crippen LogP contribution is 2.35. The summed E-state index contributed by atoms with van der Waals surface area (Å²) in [4.78, 5) is 14.3. The maximum Gasteiger partial charge on any atom is 0.226 e. The molecule has 1 aromatic carbocycles. The molecule has 0 aromatic heterocycles. The number of carbonyl (C=O) groups is 1. The van der Waals surface area contributed by atoms with E-state index in [1.807, 2.05) is 23.1 Å². The summed E-state index contributed by atoms with van der Waals surface area (Å²) in [5.74, 6) is 0.553. The molecule has 3 nitrogen and oxygen atoms in total. The molecule has 4 rings (SSSR count). The van der Waals surface area contributed by atoms with Gasteiger partial charge in [-0.25, -0.2) is 0 Å². The van der Waals surface area contributed by atoms with E-state index in [2.05, 4.69) is 12.1 Å². The first-order valence-corrected chi connectivity index (χ1v) is 6.75. The number of carbonyl (C=O) groups excluding carboxylic acids is 1. The molecule has 0 radical (unpaired) electrons. The van der Waals surface area contributed by atoms with Crippen LogP contribution in [-0.4, -0.2) is 28.6 Å². The minimum Gasteiger partial charge on any atom is -0.393 e. The Morgan fingerprint density at radius 2 is 2.00 bits per heavy atom. The highest BCUT2D eigenvalue weighted by atomic mass is 16.3. The second-order valence-electron chi connectivity index (χ2n) is 5.54. The van der Waals surface area contributed by atoms with Gasteiger partial charge in [0.15, 0.2) is 0 Å². The van der Waals surface area contributed by atoms with Crippen LogP contribution in [0.25, 0.3) is 0 Å². The van der Waals surface area contributed by atoms with Gasteiger partial charge in [0.25, 0.3) is 0 Å². The maximum absolute atomic E-state index is 12.4. The Morgan fingerprint density at radius 3 is 2.72 bits per heavy atom. The molecular weight excluding hydrogens is 226 g/mol. The first-order valence-electron chi connectivity index (χ1n) is 6.75. The summed E-state index contributed by atoms with van der Waals surface area (Å²) in [6.45, 7) is 1.39. The van der Waals surface area contributed by atoms with Gasteiger partial charge in [0.2, 0.25) is 5.91 Å². The lowest BCUT2D eigenvalue weighted by Crippen LogP contribution is -2.34. The van der Waals surface area contributed by atoms with Crippen LogP contribution in [0.1, 0.15) is 24.8 Å². The Balaban J connectivity index is 1.78. The molecule has 18 heavy (non-hydrogen) atoms. The third-order valence-corrected chi connectivity index (χ3v) is 4.29. The van der Waals surface area contributed by atoms with Gasteiger partial charge in [0.1, 0.15) is 0 Å². The van der Waals surface area contributed by atoms with Crippen LogP contribution in [0.15, 0.2) is 30.3 Å². The predicted molar refractivity (Wildman–Crippen MR) is 68.7 cm³/mol. The number of rotatable bonds is 2. The van der Waals surface area contributed by atoms with Gasteiger partial charge in [-0.15, -0.1) is 0 Å². The van der Waals surface area contributed by atoms with Gasteiger partial charge in [0, 0.05) is 24.9 Å². The molecule has 3 unspecified atom stereocenters. The zero-order valence-corrected chi connectivity index (χ0v) is 10.5. The van der Waals surface area contributed by atoms with Gasteiger partial charge < -0.3 is 10.0 Å². The van der Waals surface area contributed by atoms with Crippen molar-refractivity contribution >= 4 is 5.91 Å². The zero-order valence-electron chi connectivity index (χ0n) is 10.5. The molecule has 3 fully saturated rings. The first-order chi connectivity index (χ1) is 8.74.